The van der Waals surface area contributed by atoms with Crippen LogP contribution in [-0.2, 0) is 6.42 Å². The van der Waals surface area contributed by atoms with Gasteiger partial charge in [-0.2, -0.15) is 10.4 Å². The van der Waals surface area contributed by atoms with Gasteiger partial charge in [0.2, 0.25) is 0 Å². The summed E-state index contributed by atoms with van der Waals surface area (Å²) in [6.07, 6.45) is 3.22. The number of nitrogens with zero attached hydrogens (tertiary/aromatic N) is 4. The number of hydrogen-bond donors (Lipinski definition) is 2. The lowest BCUT2D eigenvalue weighted by atomic mass is 10.1. The van der Waals surface area contributed by atoms with E-state index < -0.39 is 0 Å². The fourth-order valence-electron chi connectivity index (χ4n) is 1.92. The molecule has 0 aromatic carbocycles. The van der Waals surface area contributed by atoms with Gasteiger partial charge in [-0.15, -0.1) is 0 Å². The predicted molar refractivity (Wildman–Crippen MR) is 71.6 cm³/mol. The van der Waals surface area contributed by atoms with Crippen LogP contribution in [0.1, 0.15) is 29.1 Å². The number of nitriles is 1. The molecule has 2 rings (SSSR count). The summed E-state index contributed by atoms with van der Waals surface area (Å²) in [7, 11) is 0. The van der Waals surface area contributed by atoms with Gasteiger partial charge < -0.3 is 5.32 Å². The third-order valence-corrected chi connectivity index (χ3v) is 2.80. The lowest BCUT2D eigenvalue weighted by Crippen LogP contribution is -2.08. The Balaban J connectivity index is 1.94. The number of pyridine rings is 1. The fraction of sp³-hybridized carbons (Fsp3) is 0.385. The highest BCUT2D eigenvalue weighted by molar-refractivity contribution is 5.56. The minimum absolute atomic E-state index is 0.616. The van der Waals surface area contributed by atoms with Crippen LogP contribution in [0.3, 0.4) is 0 Å². The molecule has 2 N–H and O–H groups in total. The molecule has 0 aliphatic carbocycles. The van der Waals surface area contributed by atoms with E-state index in [2.05, 4.69) is 31.6 Å². The molecule has 0 aliphatic rings. The monoisotopic (exact) mass is 256 g/mol. The molecule has 19 heavy (non-hydrogen) atoms. The SMILES string of the molecule is Cc1cc(C)c(C#N)c(NCCCc2ncn[nH]2)n1. The van der Waals surface area contributed by atoms with Crippen molar-refractivity contribution in [2.75, 3.05) is 11.9 Å². The summed E-state index contributed by atoms with van der Waals surface area (Å²) in [4.78, 5) is 8.43. The molecule has 0 unspecified atom stereocenters. The lowest BCUT2D eigenvalue weighted by molar-refractivity contribution is 0.803. The zero-order valence-corrected chi connectivity index (χ0v) is 11.1. The Morgan fingerprint density at radius 2 is 2.26 bits per heavy atom. The fourth-order valence-corrected chi connectivity index (χ4v) is 1.92. The van der Waals surface area contributed by atoms with Crippen LogP contribution in [0.2, 0.25) is 0 Å². The molecule has 0 aliphatic heterocycles. The van der Waals surface area contributed by atoms with Crippen LogP contribution in [0.5, 0.6) is 0 Å². The molecule has 2 heterocycles. The van der Waals surface area contributed by atoms with Crippen LogP contribution in [0.15, 0.2) is 12.4 Å². The van der Waals surface area contributed by atoms with Crippen molar-refractivity contribution in [1.29, 1.82) is 5.26 Å². The van der Waals surface area contributed by atoms with Crippen molar-refractivity contribution in [2.24, 2.45) is 0 Å². The van der Waals surface area contributed by atoms with E-state index >= 15 is 0 Å². The first-order chi connectivity index (χ1) is 9.20. The molecule has 98 valence electrons. The van der Waals surface area contributed by atoms with Gasteiger partial charge in [0, 0.05) is 18.7 Å². The highest BCUT2D eigenvalue weighted by Crippen LogP contribution is 2.17. The van der Waals surface area contributed by atoms with Crippen molar-refractivity contribution in [3.8, 4) is 6.07 Å². The number of hydrogen-bond acceptors (Lipinski definition) is 5. The summed E-state index contributed by atoms with van der Waals surface area (Å²) in [5.41, 5.74) is 2.48. The van der Waals surface area contributed by atoms with Crippen LogP contribution in [0.25, 0.3) is 0 Å². The summed E-state index contributed by atoms with van der Waals surface area (Å²) in [5.74, 6) is 1.54. The van der Waals surface area contributed by atoms with Gasteiger partial charge in [-0.3, -0.25) is 5.10 Å². The van der Waals surface area contributed by atoms with Crippen molar-refractivity contribution >= 4 is 5.82 Å². The first-order valence-electron chi connectivity index (χ1n) is 6.17. The van der Waals surface area contributed by atoms with Crippen molar-refractivity contribution < 1.29 is 0 Å². The molecular formula is C13H16N6. The van der Waals surface area contributed by atoms with Crippen LogP contribution in [-0.4, -0.2) is 26.7 Å². The summed E-state index contributed by atoms with van der Waals surface area (Å²) in [6, 6.07) is 4.11. The van der Waals surface area contributed by atoms with E-state index in [0.717, 1.165) is 36.5 Å². The molecule has 0 amide bonds. The summed E-state index contributed by atoms with van der Waals surface area (Å²) < 4.78 is 0. The number of H-pyrrole nitrogens is 1. The minimum Gasteiger partial charge on any atom is -0.369 e. The first kappa shape index (κ1) is 13.0. The van der Waals surface area contributed by atoms with E-state index in [9.17, 15) is 0 Å². The molecule has 2 aromatic heterocycles. The highest BCUT2D eigenvalue weighted by Gasteiger charge is 2.07. The number of aromatic nitrogens is 4. The summed E-state index contributed by atoms with van der Waals surface area (Å²) in [5, 5.41) is 19.0. The maximum absolute atomic E-state index is 9.14. The molecule has 0 atom stereocenters. The molecule has 6 heteroatoms. The third kappa shape index (κ3) is 3.28. The van der Waals surface area contributed by atoms with Crippen molar-refractivity contribution in [3.63, 3.8) is 0 Å². The van der Waals surface area contributed by atoms with Gasteiger partial charge in [0.1, 0.15) is 24.0 Å². The molecule has 0 radical (unpaired) electrons. The standard InChI is InChI=1S/C13H16N6/c1-9-6-10(2)18-13(11(9)7-14)15-5-3-4-12-16-8-17-19-12/h6,8H,3-5H2,1-2H3,(H,15,18)(H,16,17,19). The molecule has 2 aromatic rings. The van der Waals surface area contributed by atoms with Gasteiger partial charge in [-0.1, -0.05) is 0 Å². The van der Waals surface area contributed by atoms with E-state index in [0.29, 0.717) is 11.4 Å². The Morgan fingerprint density at radius 3 is 2.95 bits per heavy atom. The quantitative estimate of drug-likeness (QED) is 0.795. The second kappa shape index (κ2) is 5.96. The third-order valence-electron chi connectivity index (χ3n) is 2.80. The topological polar surface area (TPSA) is 90.3 Å². The molecule has 0 spiro atoms. The Hall–Kier alpha value is -2.42. The maximum atomic E-state index is 9.14. The number of aryl methyl sites for hydroxylation is 3. The van der Waals surface area contributed by atoms with Crippen LogP contribution < -0.4 is 5.32 Å². The number of rotatable bonds is 5. The minimum atomic E-state index is 0.616. The summed E-state index contributed by atoms with van der Waals surface area (Å²) in [6.45, 7) is 4.59. The Morgan fingerprint density at radius 1 is 1.42 bits per heavy atom. The number of anilines is 1. The van der Waals surface area contributed by atoms with Crippen LogP contribution in [0.4, 0.5) is 5.82 Å². The lowest BCUT2D eigenvalue weighted by Gasteiger charge is -2.09. The van der Waals surface area contributed by atoms with E-state index in [4.69, 9.17) is 5.26 Å². The van der Waals surface area contributed by atoms with E-state index in [1.165, 1.54) is 6.33 Å². The Bertz CT molecular complexity index is 582. The van der Waals surface area contributed by atoms with Crippen LogP contribution >= 0.6 is 0 Å². The smallest absolute Gasteiger partial charge is 0.144 e. The van der Waals surface area contributed by atoms with E-state index in [1.54, 1.807) is 0 Å². The summed E-state index contributed by atoms with van der Waals surface area (Å²) >= 11 is 0. The second-order valence-corrected chi connectivity index (χ2v) is 4.38. The molecular weight excluding hydrogens is 240 g/mol. The van der Waals surface area contributed by atoms with Crippen LogP contribution in [0, 0.1) is 25.2 Å². The molecule has 6 nitrogen and oxygen atoms in total. The zero-order chi connectivity index (χ0) is 13.7. The van der Waals surface area contributed by atoms with Gasteiger partial charge in [0.25, 0.3) is 0 Å². The zero-order valence-electron chi connectivity index (χ0n) is 11.1. The van der Waals surface area contributed by atoms with Crippen molar-refractivity contribution in [1.82, 2.24) is 20.2 Å². The number of nitrogens with one attached hydrogen (secondary N) is 2. The van der Waals surface area contributed by atoms with Crippen molar-refractivity contribution in [2.45, 2.75) is 26.7 Å². The molecule has 0 saturated heterocycles. The Labute approximate surface area is 111 Å². The largest absolute Gasteiger partial charge is 0.369 e. The normalized spacial score (nSPS) is 10.2. The maximum Gasteiger partial charge on any atom is 0.144 e. The van der Waals surface area contributed by atoms with Gasteiger partial charge in [0.15, 0.2) is 0 Å². The van der Waals surface area contributed by atoms with Gasteiger partial charge in [0.05, 0.1) is 5.56 Å². The van der Waals surface area contributed by atoms with E-state index in [-0.39, 0.29) is 0 Å². The van der Waals surface area contributed by atoms with Gasteiger partial charge in [-0.05, 0) is 31.9 Å². The average molecular weight is 256 g/mol. The molecule has 0 fully saturated rings. The highest BCUT2D eigenvalue weighted by atomic mass is 15.2. The van der Waals surface area contributed by atoms with Gasteiger partial charge in [-0.25, -0.2) is 9.97 Å². The Kier molecular flexibility index (Phi) is 4.08. The second-order valence-electron chi connectivity index (χ2n) is 4.38. The van der Waals surface area contributed by atoms with Gasteiger partial charge >= 0.3 is 0 Å². The average Bonchev–Trinajstić information content (AvgIpc) is 2.87. The van der Waals surface area contributed by atoms with E-state index in [1.807, 2.05) is 19.9 Å². The molecule has 0 saturated carbocycles. The predicted octanol–water partition coefficient (Wildman–Crippen LogP) is 1.73. The van der Waals surface area contributed by atoms with Crippen molar-refractivity contribution in [3.05, 3.63) is 35.0 Å². The molecule has 0 bridgehead atoms. The number of aromatic amines is 1. The first-order valence-corrected chi connectivity index (χ1v) is 6.17.